The standard InChI is InChI=1S/C14H20BrNO/c1-9(2)12(8-16)5-11-7-13(15)6-10-3-4-17-14(10)11/h6-7,9,12H,3-5,8,16H2,1-2H3. The van der Waals surface area contributed by atoms with Gasteiger partial charge in [-0.05, 0) is 48.1 Å². The molecule has 1 aliphatic heterocycles. The first-order valence-corrected chi connectivity index (χ1v) is 7.05. The van der Waals surface area contributed by atoms with Crippen molar-refractivity contribution in [1.82, 2.24) is 0 Å². The maximum atomic E-state index is 5.85. The van der Waals surface area contributed by atoms with Gasteiger partial charge in [0.05, 0.1) is 6.61 Å². The maximum Gasteiger partial charge on any atom is 0.125 e. The van der Waals surface area contributed by atoms with Crippen LogP contribution in [-0.4, -0.2) is 13.2 Å². The van der Waals surface area contributed by atoms with Crippen molar-refractivity contribution >= 4 is 15.9 Å². The van der Waals surface area contributed by atoms with Gasteiger partial charge in [0, 0.05) is 10.9 Å². The fourth-order valence-corrected chi connectivity index (χ4v) is 2.92. The third-order valence-electron chi connectivity index (χ3n) is 3.55. The minimum atomic E-state index is 0.526. The first-order valence-electron chi connectivity index (χ1n) is 6.26. The van der Waals surface area contributed by atoms with Gasteiger partial charge < -0.3 is 10.5 Å². The van der Waals surface area contributed by atoms with Crippen LogP contribution in [0.15, 0.2) is 16.6 Å². The fraction of sp³-hybridized carbons (Fsp3) is 0.571. The molecule has 17 heavy (non-hydrogen) atoms. The third-order valence-corrected chi connectivity index (χ3v) is 4.01. The molecule has 1 heterocycles. The second kappa shape index (κ2) is 5.40. The zero-order valence-corrected chi connectivity index (χ0v) is 12.1. The van der Waals surface area contributed by atoms with Crippen molar-refractivity contribution in [2.75, 3.05) is 13.2 Å². The van der Waals surface area contributed by atoms with E-state index in [0.29, 0.717) is 11.8 Å². The summed E-state index contributed by atoms with van der Waals surface area (Å²) in [6.07, 6.45) is 2.03. The molecule has 1 aromatic carbocycles. The summed E-state index contributed by atoms with van der Waals surface area (Å²) in [5, 5.41) is 0. The number of hydrogen-bond donors (Lipinski definition) is 1. The first-order chi connectivity index (χ1) is 8.11. The summed E-state index contributed by atoms with van der Waals surface area (Å²) in [5.41, 5.74) is 8.48. The van der Waals surface area contributed by atoms with E-state index < -0.39 is 0 Å². The van der Waals surface area contributed by atoms with Gasteiger partial charge in [-0.1, -0.05) is 29.8 Å². The number of fused-ring (bicyclic) bond motifs is 1. The Balaban J connectivity index is 2.26. The molecule has 0 bridgehead atoms. The zero-order valence-electron chi connectivity index (χ0n) is 10.5. The van der Waals surface area contributed by atoms with E-state index in [1.807, 2.05) is 0 Å². The van der Waals surface area contributed by atoms with E-state index in [1.54, 1.807) is 0 Å². The van der Waals surface area contributed by atoms with E-state index in [-0.39, 0.29) is 0 Å². The van der Waals surface area contributed by atoms with Crippen molar-refractivity contribution in [1.29, 1.82) is 0 Å². The highest BCUT2D eigenvalue weighted by molar-refractivity contribution is 9.10. The van der Waals surface area contributed by atoms with Gasteiger partial charge in [0.25, 0.3) is 0 Å². The number of rotatable bonds is 4. The normalized spacial score (nSPS) is 15.8. The molecule has 1 aromatic rings. The summed E-state index contributed by atoms with van der Waals surface area (Å²) >= 11 is 3.58. The molecule has 0 spiro atoms. The summed E-state index contributed by atoms with van der Waals surface area (Å²) in [4.78, 5) is 0. The second-order valence-electron chi connectivity index (χ2n) is 5.10. The minimum absolute atomic E-state index is 0.526. The molecule has 2 N–H and O–H groups in total. The predicted molar refractivity (Wildman–Crippen MR) is 74.4 cm³/mol. The van der Waals surface area contributed by atoms with Gasteiger partial charge in [0.15, 0.2) is 0 Å². The molecule has 0 radical (unpaired) electrons. The van der Waals surface area contributed by atoms with Crippen LogP contribution in [0, 0.1) is 11.8 Å². The van der Waals surface area contributed by atoms with Gasteiger partial charge in [0.2, 0.25) is 0 Å². The molecule has 3 heteroatoms. The SMILES string of the molecule is CC(C)C(CN)Cc1cc(Br)cc2c1OCC2. The molecular weight excluding hydrogens is 278 g/mol. The Hall–Kier alpha value is -0.540. The van der Waals surface area contributed by atoms with Crippen LogP contribution >= 0.6 is 15.9 Å². The van der Waals surface area contributed by atoms with E-state index in [1.165, 1.54) is 11.1 Å². The monoisotopic (exact) mass is 297 g/mol. The smallest absolute Gasteiger partial charge is 0.125 e. The number of hydrogen-bond acceptors (Lipinski definition) is 2. The molecule has 2 nitrogen and oxygen atoms in total. The van der Waals surface area contributed by atoms with Crippen molar-refractivity contribution in [3.63, 3.8) is 0 Å². The second-order valence-corrected chi connectivity index (χ2v) is 6.01. The van der Waals surface area contributed by atoms with Crippen LogP contribution in [0.5, 0.6) is 5.75 Å². The Bertz CT molecular complexity index is 403. The molecule has 94 valence electrons. The number of ether oxygens (including phenoxy) is 1. The van der Waals surface area contributed by atoms with Gasteiger partial charge in [-0.3, -0.25) is 0 Å². The Morgan fingerprint density at radius 3 is 2.82 bits per heavy atom. The van der Waals surface area contributed by atoms with Crippen molar-refractivity contribution in [2.45, 2.75) is 26.7 Å². The molecule has 0 aromatic heterocycles. The van der Waals surface area contributed by atoms with Gasteiger partial charge in [-0.15, -0.1) is 0 Å². The van der Waals surface area contributed by atoms with Crippen LogP contribution in [0.4, 0.5) is 0 Å². The van der Waals surface area contributed by atoms with Crippen LogP contribution in [0.3, 0.4) is 0 Å². The van der Waals surface area contributed by atoms with E-state index in [9.17, 15) is 0 Å². The Kier molecular flexibility index (Phi) is 4.10. The number of halogens is 1. The summed E-state index contributed by atoms with van der Waals surface area (Å²) in [6.45, 7) is 6.01. The van der Waals surface area contributed by atoms with E-state index >= 15 is 0 Å². The quantitative estimate of drug-likeness (QED) is 0.926. The van der Waals surface area contributed by atoms with Crippen molar-refractivity contribution in [3.8, 4) is 5.75 Å². The van der Waals surface area contributed by atoms with Crippen LogP contribution in [0.2, 0.25) is 0 Å². The largest absolute Gasteiger partial charge is 0.493 e. The fourth-order valence-electron chi connectivity index (χ4n) is 2.37. The Labute approximate surface area is 112 Å². The van der Waals surface area contributed by atoms with Crippen molar-refractivity contribution in [3.05, 3.63) is 27.7 Å². The molecule has 1 atom stereocenters. The average Bonchev–Trinajstić information content (AvgIpc) is 2.72. The topological polar surface area (TPSA) is 35.2 Å². The van der Waals surface area contributed by atoms with Crippen LogP contribution in [-0.2, 0) is 12.8 Å². The molecule has 0 aliphatic carbocycles. The third kappa shape index (κ3) is 2.83. The molecule has 1 aliphatic rings. The molecule has 0 fully saturated rings. The van der Waals surface area contributed by atoms with E-state index in [4.69, 9.17) is 10.5 Å². The zero-order chi connectivity index (χ0) is 12.4. The summed E-state index contributed by atoms with van der Waals surface area (Å²) in [5.74, 6) is 2.24. The molecule has 1 unspecified atom stereocenters. The van der Waals surface area contributed by atoms with Gasteiger partial charge in [0.1, 0.15) is 5.75 Å². The lowest BCUT2D eigenvalue weighted by Crippen LogP contribution is -2.22. The van der Waals surface area contributed by atoms with Gasteiger partial charge >= 0.3 is 0 Å². The van der Waals surface area contributed by atoms with Crippen molar-refractivity contribution in [2.24, 2.45) is 17.6 Å². The molecule has 2 rings (SSSR count). The van der Waals surface area contributed by atoms with Crippen LogP contribution in [0.1, 0.15) is 25.0 Å². The highest BCUT2D eigenvalue weighted by Gasteiger charge is 2.20. The van der Waals surface area contributed by atoms with E-state index in [2.05, 4.69) is 41.9 Å². The predicted octanol–water partition coefficient (Wildman–Crippen LogP) is 3.16. The highest BCUT2D eigenvalue weighted by atomic mass is 79.9. The van der Waals surface area contributed by atoms with E-state index in [0.717, 1.165) is 36.2 Å². The minimum Gasteiger partial charge on any atom is -0.493 e. The molecule has 0 amide bonds. The van der Waals surface area contributed by atoms with Crippen LogP contribution < -0.4 is 10.5 Å². The number of benzene rings is 1. The first kappa shape index (κ1) is 12.9. The Morgan fingerprint density at radius 2 is 2.18 bits per heavy atom. The van der Waals surface area contributed by atoms with Crippen molar-refractivity contribution < 1.29 is 4.74 Å². The maximum absolute atomic E-state index is 5.85. The Morgan fingerprint density at radius 1 is 1.41 bits per heavy atom. The molecule has 0 saturated carbocycles. The molecule has 0 saturated heterocycles. The van der Waals surface area contributed by atoms with Crippen LogP contribution in [0.25, 0.3) is 0 Å². The lowest BCUT2D eigenvalue weighted by molar-refractivity contribution is 0.343. The summed E-state index contributed by atoms with van der Waals surface area (Å²) in [6, 6.07) is 4.34. The average molecular weight is 298 g/mol. The lowest BCUT2D eigenvalue weighted by atomic mass is 9.88. The van der Waals surface area contributed by atoms with Gasteiger partial charge in [-0.25, -0.2) is 0 Å². The highest BCUT2D eigenvalue weighted by Crippen LogP contribution is 2.35. The van der Waals surface area contributed by atoms with Gasteiger partial charge in [-0.2, -0.15) is 0 Å². The summed E-state index contributed by atoms with van der Waals surface area (Å²) < 4.78 is 6.90. The number of nitrogens with two attached hydrogens (primary N) is 1. The lowest BCUT2D eigenvalue weighted by Gasteiger charge is -2.20. The summed E-state index contributed by atoms with van der Waals surface area (Å²) in [7, 11) is 0. The molecular formula is C14H20BrNO.